The molecule has 0 aliphatic carbocycles. The monoisotopic (exact) mass is 539 g/mol. The molecule has 2 atom stereocenters. The Kier molecular flexibility index (Phi) is 9.33. The fraction of sp³-hybridized carbons (Fsp3) is 0.556. The zero-order valence-corrected chi connectivity index (χ0v) is 22.7. The van der Waals surface area contributed by atoms with Crippen molar-refractivity contribution in [2.24, 2.45) is 17.2 Å². The predicted molar refractivity (Wildman–Crippen MR) is 151 cm³/mol. The lowest BCUT2D eigenvalue weighted by molar-refractivity contribution is -0.137. The van der Waals surface area contributed by atoms with E-state index in [1.165, 1.54) is 10.1 Å². The minimum atomic E-state index is -1.12. The summed E-state index contributed by atoms with van der Waals surface area (Å²) in [5.41, 5.74) is 17.9. The van der Waals surface area contributed by atoms with Gasteiger partial charge in [0, 0.05) is 51.5 Å². The van der Waals surface area contributed by atoms with Gasteiger partial charge in [-0.3, -0.25) is 14.7 Å². The Hall–Kier alpha value is -3.32. The van der Waals surface area contributed by atoms with Gasteiger partial charge < -0.3 is 31.9 Å². The highest BCUT2D eigenvalue weighted by atomic mass is 16.2. The van der Waals surface area contributed by atoms with Gasteiger partial charge in [-0.2, -0.15) is 4.98 Å². The van der Waals surface area contributed by atoms with Crippen LogP contribution in [0.15, 0.2) is 41.3 Å². The smallest absolute Gasteiger partial charge is 0.338 e. The van der Waals surface area contributed by atoms with Crippen molar-refractivity contribution in [3.8, 4) is 5.69 Å². The molecule has 0 saturated carbocycles. The van der Waals surface area contributed by atoms with E-state index in [1.807, 2.05) is 24.3 Å². The van der Waals surface area contributed by atoms with E-state index in [0.29, 0.717) is 37.9 Å². The van der Waals surface area contributed by atoms with Gasteiger partial charge in [-0.1, -0.05) is 12.1 Å². The standard InChI is InChI=1S/C27H41N9O3/c1-27(30,19-28)24(37)34-15-17-35(18-16-34)25(38)31-23-10-14-36(26(39)32-23)22-6-4-20(5-7-22)8-12-33-11-2-3-21(29)9-13-33/h4-7,10,14,21H,2-3,8-9,11-13,15-19,28-30H2,1H3,(H,31,32,38,39). The summed E-state index contributed by atoms with van der Waals surface area (Å²) in [6, 6.07) is 9.42. The van der Waals surface area contributed by atoms with E-state index in [2.05, 4.69) is 15.2 Å². The Labute approximate surface area is 229 Å². The number of benzene rings is 1. The molecule has 2 fully saturated rings. The van der Waals surface area contributed by atoms with Crippen LogP contribution >= 0.6 is 0 Å². The lowest BCUT2D eigenvalue weighted by atomic mass is 10.0. The number of nitrogens with one attached hydrogen (secondary N) is 1. The molecule has 2 unspecified atom stereocenters. The summed E-state index contributed by atoms with van der Waals surface area (Å²) >= 11 is 0. The number of amides is 3. The fourth-order valence-corrected chi connectivity index (χ4v) is 4.93. The van der Waals surface area contributed by atoms with E-state index < -0.39 is 11.2 Å². The Morgan fingerprint density at radius 3 is 2.38 bits per heavy atom. The lowest BCUT2D eigenvalue weighted by Gasteiger charge is -2.38. The quantitative estimate of drug-likeness (QED) is 0.379. The molecule has 1 aromatic heterocycles. The van der Waals surface area contributed by atoms with Crippen LogP contribution in [0.3, 0.4) is 0 Å². The number of anilines is 1. The van der Waals surface area contributed by atoms with Crippen molar-refractivity contribution < 1.29 is 9.59 Å². The number of nitrogens with zero attached hydrogens (tertiary/aromatic N) is 5. The first-order chi connectivity index (χ1) is 18.7. The fourth-order valence-electron chi connectivity index (χ4n) is 4.93. The van der Waals surface area contributed by atoms with Crippen LogP contribution in [0.1, 0.15) is 31.7 Å². The molecule has 3 amide bonds. The maximum Gasteiger partial charge on any atom is 0.354 e. The second-order valence-corrected chi connectivity index (χ2v) is 10.7. The van der Waals surface area contributed by atoms with Crippen molar-refractivity contribution in [3.05, 3.63) is 52.6 Å². The van der Waals surface area contributed by atoms with Crippen molar-refractivity contribution in [2.45, 2.75) is 44.2 Å². The highest BCUT2D eigenvalue weighted by Gasteiger charge is 2.34. The van der Waals surface area contributed by atoms with E-state index in [0.717, 1.165) is 45.3 Å². The summed E-state index contributed by atoms with van der Waals surface area (Å²) in [6.07, 6.45) is 5.83. The molecule has 2 aliphatic heterocycles. The predicted octanol–water partition coefficient (Wildman–Crippen LogP) is -0.0596. The average molecular weight is 540 g/mol. The molecule has 0 bridgehead atoms. The molecular weight excluding hydrogens is 498 g/mol. The molecule has 2 aliphatic rings. The van der Waals surface area contributed by atoms with Crippen LogP contribution < -0.4 is 28.2 Å². The summed E-state index contributed by atoms with van der Waals surface area (Å²) in [6.45, 7) is 6.17. The minimum absolute atomic E-state index is 0.0442. The maximum absolute atomic E-state index is 12.7. The lowest BCUT2D eigenvalue weighted by Crippen LogP contribution is -2.61. The number of hydrogen-bond donors (Lipinski definition) is 4. The highest BCUT2D eigenvalue weighted by molar-refractivity contribution is 5.89. The summed E-state index contributed by atoms with van der Waals surface area (Å²) in [5.74, 6) is -0.0582. The highest BCUT2D eigenvalue weighted by Crippen LogP contribution is 2.14. The first-order valence-electron chi connectivity index (χ1n) is 13.7. The van der Waals surface area contributed by atoms with Crippen LogP contribution in [0.2, 0.25) is 0 Å². The molecule has 39 heavy (non-hydrogen) atoms. The topological polar surface area (TPSA) is 169 Å². The third-order valence-electron chi connectivity index (χ3n) is 7.60. The van der Waals surface area contributed by atoms with Crippen molar-refractivity contribution >= 4 is 17.8 Å². The van der Waals surface area contributed by atoms with Gasteiger partial charge >= 0.3 is 11.7 Å². The molecular formula is C27H41N9O3. The van der Waals surface area contributed by atoms with Gasteiger partial charge in [0.15, 0.2) is 0 Å². The molecule has 7 N–H and O–H groups in total. The van der Waals surface area contributed by atoms with Crippen molar-refractivity contribution in [3.63, 3.8) is 0 Å². The summed E-state index contributed by atoms with van der Waals surface area (Å²) in [4.78, 5) is 47.6. The normalized spacial score (nSPS) is 20.3. The van der Waals surface area contributed by atoms with Crippen molar-refractivity contribution in [2.75, 3.05) is 57.7 Å². The number of rotatable bonds is 7. The largest absolute Gasteiger partial charge is 0.354 e. The number of aromatic nitrogens is 2. The Balaban J connectivity index is 1.29. The molecule has 1 aromatic carbocycles. The molecule has 2 aromatic rings. The van der Waals surface area contributed by atoms with E-state index in [1.54, 1.807) is 29.0 Å². The first-order valence-corrected chi connectivity index (χ1v) is 13.7. The Morgan fingerprint density at radius 2 is 1.72 bits per heavy atom. The second kappa shape index (κ2) is 12.7. The maximum atomic E-state index is 12.7. The molecule has 3 heterocycles. The van der Waals surface area contributed by atoms with Gasteiger partial charge in [0.1, 0.15) is 11.4 Å². The summed E-state index contributed by atoms with van der Waals surface area (Å²) < 4.78 is 1.45. The van der Waals surface area contributed by atoms with Crippen molar-refractivity contribution in [1.82, 2.24) is 24.3 Å². The zero-order valence-electron chi connectivity index (χ0n) is 22.7. The van der Waals surface area contributed by atoms with Gasteiger partial charge in [-0.25, -0.2) is 9.59 Å². The van der Waals surface area contributed by atoms with Gasteiger partial charge in [-0.05, 0) is 69.5 Å². The number of carbonyl (C=O) groups is 2. The number of urea groups is 1. The van der Waals surface area contributed by atoms with E-state index in [9.17, 15) is 14.4 Å². The van der Waals surface area contributed by atoms with Crippen LogP contribution in [0.5, 0.6) is 0 Å². The average Bonchev–Trinajstić information content (AvgIpc) is 3.15. The van der Waals surface area contributed by atoms with Gasteiger partial charge in [0.25, 0.3) is 0 Å². The van der Waals surface area contributed by atoms with Gasteiger partial charge in [-0.15, -0.1) is 0 Å². The number of piperazine rings is 1. The SMILES string of the molecule is CC(N)(CN)C(=O)N1CCN(C(=O)Nc2ccn(-c3ccc(CCN4CCCC(N)CC4)cc3)c(=O)n2)CC1. The van der Waals surface area contributed by atoms with Crippen molar-refractivity contribution in [1.29, 1.82) is 0 Å². The number of likely N-dealkylation sites (tertiary alicyclic amines) is 1. The first kappa shape index (κ1) is 28.7. The number of nitrogens with two attached hydrogens (primary N) is 3. The number of carbonyl (C=O) groups excluding carboxylic acids is 2. The minimum Gasteiger partial charge on any atom is -0.338 e. The zero-order chi connectivity index (χ0) is 28.0. The van der Waals surface area contributed by atoms with E-state index >= 15 is 0 Å². The third kappa shape index (κ3) is 7.41. The summed E-state index contributed by atoms with van der Waals surface area (Å²) in [7, 11) is 0. The molecule has 212 valence electrons. The Bertz CT molecular complexity index is 1190. The van der Waals surface area contributed by atoms with Crippen LogP contribution in [0, 0.1) is 0 Å². The third-order valence-corrected chi connectivity index (χ3v) is 7.60. The van der Waals surface area contributed by atoms with Gasteiger partial charge in [0.2, 0.25) is 5.91 Å². The van der Waals surface area contributed by atoms with Gasteiger partial charge in [0.05, 0.1) is 5.69 Å². The molecule has 0 spiro atoms. The molecule has 12 heteroatoms. The second-order valence-electron chi connectivity index (χ2n) is 10.7. The Morgan fingerprint density at radius 1 is 1.03 bits per heavy atom. The van der Waals surface area contributed by atoms with E-state index in [-0.39, 0.29) is 24.3 Å². The number of hydrogen-bond acceptors (Lipinski definition) is 8. The summed E-state index contributed by atoms with van der Waals surface area (Å²) in [5, 5.41) is 2.68. The van der Waals surface area contributed by atoms with Crippen LogP contribution in [-0.4, -0.2) is 100 Å². The molecule has 12 nitrogen and oxygen atoms in total. The molecule has 4 rings (SSSR count). The molecule has 2 saturated heterocycles. The van der Waals surface area contributed by atoms with Crippen LogP contribution in [-0.2, 0) is 11.2 Å². The van der Waals surface area contributed by atoms with Crippen LogP contribution in [0.4, 0.5) is 10.6 Å². The molecule has 0 radical (unpaired) electrons. The van der Waals surface area contributed by atoms with E-state index in [4.69, 9.17) is 17.2 Å². The van der Waals surface area contributed by atoms with Crippen LogP contribution in [0.25, 0.3) is 5.69 Å².